The lowest BCUT2D eigenvalue weighted by Crippen LogP contribution is -2.71. The van der Waals surface area contributed by atoms with Gasteiger partial charge in [0.1, 0.15) is 40.7 Å². The average molecular weight is 956 g/mol. The number of carbonyl (C=O) groups excluding carboxylic acids is 5. The highest BCUT2D eigenvalue weighted by Crippen LogP contribution is 2.41. The zero-order valence-electron chi connectivity index (χ0n) is 34.9. The summed E-state index contributed by atoms with van der Waals surface area (Å²) in [5.41, 5.74) is -2.06. The minimum absolute atomic E-state index is 0.0334. The van der Waals surface area contributed by atoms with E-state index in [2.05, 4.69) is 42.8 Å². The monoisotopic (exact) mass is 955 g/mol. The van der Waals surface area contributed by atoms with E-state index in [4.69, 9.17) is 23.8 Å². The highest BCUT2D eigenvalue weighted by atomic mass is 127. The smallest absolute Gasteiger partial charge is 0.412 e. The van der Waals surface area contributed by atoms with Crippen LogP contribution in [0.5, 0.6) is 5.75 Å². The van der Waals surface area contributed by atoms with E-state index in [0.29, 0.717) is 33.0 Å². The van der Waals surface area contributed by atoms with Gasteiger partial charge in [0, 0.05) is 22.1 Å². The molecule has 1 unspecified atom stereocenters. The molecular weight excluding hydrogens is 902 g/mol. The first-order valence-electron chi connectivity index (χ1n) is 18.5. The van der Waals surface area contributed by atoms with Gasteiger partial charge in [-0.05, 0) is 92.0 Å². The van der Waals surface area contributed by atoms with Gasteiger partial charge in [0.2, 0.25) is 5.60 Å². The largest absolute Gasteiger partial charge is 0.497 e. The van der Waals surface area contributed by atoms with E-state index in [0.717, 1.165) is 23.9 Å². The molecule has 2 aliphatic heterocycles. The van der Waals surface area contributed by atoms with E-state index in [-0.39, 0.29) is 23.7 Å². The molecule has 2 aliphatic rings. The van der Waals surface area contributed by atoms with Gasteiger partial charge in [-0.2, -0.15) is 0 Å². The Labute approximate surface area is 362 Å². The van der Waals surface area contributed by atoms with Gasteiger partial charge in [0.25, 0.3) is 11.8 Å². The number of unbranched alkanes of at least 4 members (excludes halogenated alkanes) is 1. The third-order valence-corrected chi connectivity index (χ3v) is 10.4. The summed E-state index contributed by atoms with van der Waals surface area (Å²) in [6.45, 7) is 16.7. The fraction of sp³-hybridized carbons (Fsp3) is 0.525. The molecule has 2 N–H and O–H groups in total. The van der Waals surface area contributed by atoms with E-state index in [1.807, 2.05) is 13.0 Å². The summed E-state index contributed by atoms with van der Waals surface area (Å²) in [6.07, 6.45) is 6.15. The van der Waals surface area contributed by atoms with Gasteiger partial charge in [-0.25, -0.2) is 18.8 Å². The van der Waals surface area contributed by atoms with E-state index in [9.17, 15) is 24.0 Å². The maximum atomic E-state index is 14.1. The summed E-state index contributed by atoms with van der Waals surface area (Å²) >= 11 is 4.42. The Morgan fingerprint density at radius 3 is 2.28 bits per heavy atom. The number of alkyl carbamates (subject to hydrolysis) is 1. The van der Waals surface area contributed by atoms with Gasteiger partial charge in [-0.3, -0.25) is 19.8 Å². The van der Waals surface area contributed by atoms with Crippen LogP contribution in [0, 0.1) is 0 Å². The van der Waals surface area contributed by atoms with Crippen LogP contribution in [0.4, 0.5) is 4.79 Å². The first kappa shape index (κ1) is 48.3. The molecule has 3 rings (SSSR count). The van der Waals surface area contributed by atoms with Crippen molar-refractivity contribution in [3.8, 4) is 5.75 Å². The number of methoxy groups -OCH3 is 1. The lowest BCUT2D eigenvalue weighted by atomic mass is 10.0. The van der Waals surface area contributed by atoms with E-state index < -0.39 is 58.1 Å². The fourth-order valence-corrected chi connectivity index (χ4v) is 7.13. The zero-order valence-corrected chi connectivity index (χ0v) is 38.6. The summed E-state index contributed by atoms with van der Waals surface area (Å²) in [5, 5.41) is 9.20. The summed E-state index contributed by atoms with van der Waals surface area (Å²) in [6, 6.07) is 6.00. The molecule has 0 aromatic heterocycles. The summed E-state index contributed by atoms with van der Waals surface area (Å²) in [5.74, 6) is -1.75. The van der Waals surface area contributed by atoms with Gasteiger partial charge in [-0.1, -0.05) is 71.5 Å². The number of hydrogen-bond donors (Lipinski definition) is 2. The van der Waals surface area contributed by atoms with Crippen molar-refractivity contribution in [1.82, 2.24) is 15.5 Å². The molecule has 1 aromatic carbocycles. The molecule has 18 heteroatoms. The van der Waals surface area contributed by atoms with Crippen molar-refractivity contribution in [2.24, 2.45) is 9.55 Å². The van der Waals surface area contributed by atoms with Crippen LogP contribution in [-0.2, 0) is 44.8 Å². The number of carbonyl (C=O) groups is 5. The van der Waals surface area contributed by atoms with Crippen molar-refractivity contribution in [1.29, 1.82) is 0 Å². The highest BCUT2D eigenvalue weighted by Gasteiger charge is 2.54. The van der Waals surface area contributed by atoms with Crippen LogP contribution in [-0.4, -0.2) is 91.7 Å². The van der Waals surface area contributed by atoms with Crippen LogP contribution in [0.2, 0.25) is 0 Å². The molecule has 2 heterocycles. The number of β-lactam (4-membered cyclic amide) rings is 1. The zero-order chi connectivity index (χ0) is 43.4. The molecule has 0 radical (unpaired) electrons. The van der Waals surface area contributed by atoms with E-state index >= 15 is 0 Å². The Hall–Kier alpha value is -4.04. The molecule has 3 amide bonds. The molecule has 0 aliphatic carbocycles. The number of oxime groups is 1. The van der Waals surface area contributed by atoms with Gasteiger partial charge in [0.15, 0.2) is 5.71 Å². The molecule has 1 aromatic rings. The normalized spacial score (nSPS) is 18.0. The molecule has 0 spiro atoms. The first-order chi connectivity index (χ1) is 27.1. The predicted molar refractivity (Wildman–Crippen MR) is 234 cm³/mol. The number of nitrogens with zero attached hydrogens (tertiary/aromatic N) is 3. The van der Waals surface area contributed by atoms with Crippen LogP contribution in [0.15, 0.2) is 68.3 Å². The van der Waals surface area contributed by atoms with E-state index in [1.165, 1.54) is 37.4 Å². The van der Waals surface area contributed by atoms with Crippen LogP contribution in [0.25, 0.3) is 0 Å². The number of benzene rings is 1. The number of nitrogens with one attached hydrogen (secondary N) is 2. The number of thioether (sulfide) groups is 1. The average Bonchev–Trinajstić information content (AvgIpc) is 3.14. The number of hydrogen-bond acceptors (Lipinski definition) is 14. The number of alkyl halides is 1. The molecular formula is C40H54IN5O10S2. The Morgan fingerprint density at radius 1 is 1.03 bits per heavy atom. The van der Waals surface area contributed by atoms with E-state index in [1.54, 1.807) is 85.1 Å². The molecule has 2 atom stereocenters. The summed E-state index contributed by atoms with van der Waals surface area (Å²) in [7, 11) is 1.56. The fourth-order valence-electron chi connectivity index (χ4n) is 4.92. The maximum absolute atomic E-state index is 14.1. The quantitative estimate of drug-likeness (QED) is 0.0235. The molecule has 1 saturated heterocycles. The van der Waals surface area contributed by atoms with Crippen LogP contribution >= 0.6 is 46.3 Å². The minimum Gasteiger partial charge on any atom is -0.497 e. The number of ether oxygens (including phenoxy) is 4. The van der Waals surface area contributed by atoms with Crippen LogP contribution in [0.3, 0.4) is 0 Å². The molecule has 318 valence electrons. The molecule has 1 fully saturated rings. The highest BCUT2D eigenvalue weighted by molar-refractivity contribution is 14.1. The number of allylic oxidation sites excluding steroid dienone is 3. The Balaban J connectivity index is 1.91. The Kier molecular flexibility index (Phi) is 17.7. The predicted octanol–water partition coefficient (Wildman–Crippen LogP) is 7.15. The number of rotatable bonds is 17. The Morgan fingerprint density at radius 2 is 1.69 bits per heavy atom. The lowest BCUT2D eigenvalue weighted by Gasteiger charge is -2.49. The second kappa shape index (κ2) is 21.3. The lowest BCUT2D eigenvalue weighted by molar-refractivity contribution is -0.179. The van der Waals surface area contributed by atoms with Crippen LogP contribution in [0.1, 0.15) is 87.6 Å². The topological polar surface area (TPSA) is 184 Å². The number of amides is 3. The van der Waals surface area contributed by atoms with Crippen molar-refractivity contribution < 1.29 is 47.8 Å². The van der Waals surface area contributed by atoms with Crippen LogP contribution < -0.4 is 15.4 Å². The minimum atomic E-state index is -1.63. The molecule has 58 heavy (non-hydrogen) atoms. The third kappa shape index (κ3) is 14.4. The van der Waals surface area contributed by atoms with Gasteiger partial charge in [0.05, 0.1) is 17.9 Å². The van der Waals surface area contributed by atoms with Gasteiger partial charge < -0.3 is 29.1 Å². The number of halogens is 1. The van der Waals surface area contributed by atoms with Crippen molar-refractivity contribution in [2.75, 3.05) is 17.3 Å². The third-order valence-electron chi connectivity index (χ3n) is 7.75. The second-order valence-electron chi connectivity index (χ2n) is 15.5. The maximum Gasteiger partial charge on any atom is 0.412 e. The first-order valence-corrected chi connectivity index (χ1v) is 21.9. The second-order valence-corrected chi connectivity index (χ2v) is 18.3. The molecule has 15 nitrogen and oxygen atoms in total. The van der Waals surface area contributed by atoms with Crippen molar-refractivity contribution in [3.63, 3.8) is 0 Å². The number of fused-ring (bicyclic) bond motifs is 1. The SMILES string of the molecule is CCC/C=C(\NC(=O)OC(C)(C)C)SN=C(C)/C(=N/OC(C)(C)C(=O)OC(C)(C)C)C(=O)N[C@@H]1C(=O)N2C(C(=O)OCc3ccc(OC)cc3)=C(/C=C/CI)CSC12. The van der Waals surface area contributed by atoms with Crippen molar-refractivity contribution >= 4 is 87.6 Å². The molecule has 0 saturated carbocycles. The van der Waals surface area contributed by atoms with Gasteiger partial charge in [-0.15, -0.1) is 11.8 Å². The summed E-state index contributed by atoms with van der Waals surface area (Å²) < 4.78 is 26.9. The summed E-state index contributed by atoms with van der Waals surface area (Å²) in [4.78, 5) is 74.1. The number of esters is 2. The molecule has 0 bridgehead atoms. The van der Waals surface area contributed by atoms with Crippen molar-refractivity contribution in [2.45, 2.75) is 117 Å². The standard InChI is InChI=1S/C40H54IN5O10S2/c1-12-13-16-28(42-37(51)55-39(6,7)8)58-45-24(2)29(44-56-40(9,10)36(50)54-38(3,4)5)32(47)43-30-33(48)46-31(26(15-14-21-41)23-57-34(30)46)35(49)53-22-25-17-19-27(52-11)20-18-25/h14-20,30,34H,12-13,21-23H2,1-11H3,(H,42,51)(H,43,47)/b15-14+,28-16+,44-29-,45-24?/t30-,34?/m1/s1. The van der Waals surface area contributed by atoms with Gasteiger partial charge >= 0.3 is 18.0 Å². The Bertz CT molecular complexity index is 1850. The van der Waals surface area contributed by atoms with Crippen molar-refractivity contribution in [3.05, 3.63) is 64.4 Å².